The SMILES string of the molecule is COc1ccc(CCn2c(C)cc(C(=O)COc3ccc(F)c(F)c3)c2C)cc1. The predicted molar refractivity (Wildman–Crippen MR) is 107 cm³/mol. The minimum Gasteiger partial charge on any atom is -0.497 e. The van der Waals surface area contributed by atoms with E-state index in [4.69, 9.17) is 9.47 Å². The third kappa shape index (κ3) is 4.83. The number of methoxy groups -OCH3 is 1. The van der Waals surface area contributed by atoms with Crippen LogP contribution < -0.4 is 9.47 Å². The van der Waals surface area contributed by atoms with Crippen LogP contribution in [0.5, 0.6) is 11.5 Å². The molecule has 29 heavy (non-hydrogen) atoms. The number of nitrogens with zero attached hydrogens (tertiary/aromatic N) is 1. The van der Waals surface area contributed by atoms with E-state index in [-0.39, 0.29) is 18.1 Å². The molecule has 0 spiro atoms. The summed E-state index contributed by atoms with van der Waals surface area (Å²) in [6.07, 6.45) is 0.819. The van der Waals surface area contributed by atoms with Crippen LogP contribution in [0.15, 0.2) is 48.5 Å². The molecule has 0 amide bonds. The van der Waals surface area contributed by atoms with E-state index in [2.05, 4.69) is 4.57 Å². The molecule has 0 radical (unpaired) electrons. The number of benzene rings is 2. The summed E-state index contributed by atoms with van der Waals surface area (Å²) in [7, 11) is 1.64. The van der Waals surface area contributed by atoms with Crippen LogP contribution in [-0.4, -0.2) is 24.1 Å². The van der Waals surface area contributed by atoms with Gasteiger partial charge in [0.2, 0.25) is 5.78 Å². The van der Waals surface area contributed by atoms with Crippen LogP contribution in [0.1, 0.15) is 27.3 Å². The van der Waals surface area contributed by atoms with E-state index in [1.807, 2.05) is 44.2 Å². The average Bonchev–Trinajstić information content (AvgIpc) is 3.01. The number of aryl methyl sites for hydroxylation is 2. The maximum Gasteiger partial charge on any atom is 0.202 e. The fraction of sp³-hybridized carbons (Fsp3) is 0.261. The number of carbonyl (C=O) groups is 1. The predicted octanol–water partition coefficient (Wildman–Crippen LogP) is 4.90. The van der Waals surface area contributed by atoms with Crippen molar-refractivity contribution in [2.75, 3.05) is 13.7 Å². The number of ketones is 1. The molecule has 4 nitrogen and oxygen atoms in total. The van der Waals surface area contributed by atoms with Gasteiger partial charge in [-0.1, -0.05) is 12.1 Å². The smallest absolute Gasteiger partial charge is 0.202 e. The number of Topliss-reactive ketones (excluding diaryl/α,β-unsaturated/α-hetero) is 1. The maximum atomic E-state index is 13.3. The second-order valence-electron chi connectivity index (χ2n) is 6.82. The Morgan fingerprint density at radius 2 is 1.66 bits per heavy atom. The highest BCUT2D eigenvalue weighted by atomic mass is 19.2. The van der Waals surface area contributed by atoms with Crippen molar-refractivity contribution < 1.29 is 23.0 Å². The van der Waals surface area contributed by atoms with E-state index in [0.29, 0.717) is 5.56 Å². The van der Waals surface area contributed by atoms with Gasteiger partial charge in [-0.3, -0.25) is 4.79 Å². The van der Waals surface area contributed by atoms with Crippen molar-refractivity contribution in [1.82, 2.24) is 4.57 Å². The Hall–Kier alpha value is -3.15. The Morgan fingerprint density at radius 3 is 2.31 bits per heavy atom. The Kier molecular flexibility index (Phi) is 6.32. The molecule has 6 heteroatoms. The minimum atomic E-state index is -1.01. The molecule has 2 aromatic carbocycles. The number of hydrogen-bond acceptors (Lipinski definition) is 3. The Morgan fingerprint density at radius 1 is 0.966 bits per heavy atom. The van der Waals surface area contributed by atoms with Gasteiger partial charge in [-0.15, -0.1) is 0 Å². The van der Waals surface area contributed by atoms with E-state index < -0.39 is 11.6 Å². The van der Waals surface area contributed by atoms with Crippen molar-refractivity contribution in [2.45, 2.75) is 26.8 Å². The number of hydrogen-bond donors (Lipinski definition) is 0. The molecular formula is C23H23F2NO3. The lowest BCUT2D eigenvalue weighted by molar-refractivity contribution is 0.0920. The van der Waals surface area contributed by atoms with Gasteiger partial charge in [-0.2, -0.15) is 0 Å². The van der Waals surface area contributed by atoms with Gasteiger partial charge in [0.15, 0.2) is 18.2 Å². The van der Waals surface area contributed by atoms with Crippen LogP contribution in [0.3, 0.4) is 0 Å². The summed E-state index contributed by atoms with van der Waals surface area (Å²) in [5, 5.41) is 0. The van der Waals surface area contributed by atoms with Crippen molar-refractivity contribution >= 4 is 5.78 Å². The topological polar surface area (TPSA) is 40.5 Å². The van der Waals surface area contributed by atoms with E-state index >= 15 is 0 Å². The zero-order chi connectivity index (χ0) is 21.0. The Balaban J connectivity index is 1.65. The Bertz CT molecular complexity index is 1010. The monoisotopic (exact) mass is 399 g/mol. The van der Waals surface area contributed by atoms with Crippen LogP contribution >= 0.6 is 0 Å². The van der Waals surface area contributed by atoms with Gasteiger partial charge in [0, 0.05) is 29.6 Å². The highest BCUT2D eigenvalue weighted by molar-refractivity contribution is 5.98. The molecule has 0 aliphatic carbocycles. The molecule has 0 saturated carbocycles. The van der Waals surface area contributed by atoms with Gasteiger partial charge < -0.3 is 14.0 Å². The van der Waals surface area contributed by atoms with Crippen molar-refractivity contribution in [3.63, 3.8) is 0 Å². The van der Waals surface area contributed by atoms with Gasteiger partial charge in [-0.05, 0) is 56.2 Å². The molecule has 0 aliphatic heterocycles. The zero-order valence-corrected chi connectivity index (χ0v) is 16.7. The van der Waals surface area contributed by atoms with Crippen molar-refractivity contribution in [3.8, 4) is 11.5 Å². The summed E-state index contributed by atoms with van der Waals surface area (Å²) >= 11 is 0. The van der Waals surface area contributed by atoms with Gasteiger partial charge >= 0.3 is 0 Å². The first-order valence-electron chi connectivity index (χ1n) is 9.29. The second kappa shape index (κ2) is 8.90. The van der Waals surface area contributed by atoms with E-state index in [1.165, 1.54) is 11.6 Å². The summed E-state index contributed by atoms with van der Waals surface area (Å²) in [6, 6.07) is 12.9. The lowest BCUT2D eigenvalue weighted by Crippen LogP contribution is -2.13. The lowest BCUT2D eigenvalue weighted by Gasteiger charge is -2.11. The third-order valence-electron chi connectivity index (χ3n) is 4.92. The standard InChI is InChI=1S/C23H23F2NO3/c1-15-12-20(23(27)14-29-19-8-9-21(24)22(25)13-19)16(2)26(15)11-10-17-4-6-18(28-3)7-5-17/h4-9,12-13H,10-11,14H2,1-3H3. The first-order valence-corrected chi connectivity index (χ1v) is 9.29. The Labute approximate surface area is 168 Å². The third-order valence-corrected chi connectivity index (χ3v) is 4.92. The number of carbonyl (C=O) groups excluding carboxylic acids is 1. The van der Waals surface area contributed by atoms with Crippen molar-refractivity contribution in [1.29, 1.82) is 0 Å². The van der Waals surface area contributed by atoms with Crippen LogP contribution in [0, 0.1) is 25.5 Å². The van der Waals surface area contributed by atoms with Crippen LogP contribution in [0.2, 0.25) is 0 Å². The van der Waals surface area contributed by atoms with Crippen LogP contribution in [-0.2, 0) is 13.0 Å². The maximum absolute atomic E-state index is 13.3. The van der Waals surface area contributed by atoms with E-state index in [0.717, 1.165) is 42.2 Å². The molecule has 0 aliphatic rings. The largest absolute Gasteiger partial charge is 0.497 e. The molecule has 0 N–H and O–H groups in total. The fourth-order valence-corrected chi connectivity index (χ4v) is 3.25. The molecule has 1 aromatic heterocycles. The van der Waals surface area contributed by atoms with Crippen LogP contribution in [0.4, 0.5) is 8.78 Å². The fourth-order valence-electron chi connectivity index (χ4n) is 3.25. The summed E-state index contributed by atoms with van der Waals surface area (Å²) in [4.78, 5) is 12.6. The lowest BCUT2D eigenvalue weighted by atomic mass is 10.1. The summed E-state index contributed by atoms with van der Waals surface area (Å²) < 4.78 is 38.9. The molecule has 0 atom stereocenters. The van der Waals surface area contributed by atoms with E-state index in [9.17, 15) is 13.6 Å². The molecule has 3 aromatic rings. The quantitative estimate of drug-likeness (QED) is 0.506. The number of rotatable bonds is 8. The normalized spacial score (nSPS) is 10.8. The number of halogens is 2. The second-order valence-corrected chi connectivity index (χ2v) is 6.82. The summed E-state index contributed by atoms with van der Waals surface area (Å²) in [5.74, 6) is -1.24. The van der Waals surface area contributed by atoms with Crippen molar-refractivity contribution in [2.24, 2.45) is 0 Å². The van der Waals surface area contributed by atoms with Crippen molar-refractivity contribution in [3.05, 3.63) is 82.7 Å². The first kappa shape index (κ1) is 20.6. The van der Waals surface area contributed by atoms with Gasteiger partial charge in [0.05, 0.1) is 7.11 Å². The number of aromatic nitrogens is 1. The minimum absolute atomic E-state index is 0.116. The molecule has 152 valence electrons. The van der Waals surface area contributed by atoms with Crippen LogP contribution in [0.25, 0.3) is 0 Å². The molecule has 0 bridgehead atoms. The summed E-state index contributed by atoms with van der Waals surface area (Å²) in [6.45, 7) is 4.34. The zero-order valence-electron chi connectivity index (χ0n) is 16.7. The van der Waals surface area contributed by atoms with Gasteiger partial charge in [0.25, 0.3) is 0 Å². The molecule has 1 heterocycles. The van der Waals surface area contributed by atoms with Gasteiger partial charge in [0.1, 0.15) is 11.5 Å². The summed E-state index contributed by atoms with van der Waals surface area (Å²) in [5.41, 5.74) is 3.58. The number of ether oxygens (including phenoxy) is 2. The molecule has 0 saturated heterocycles. The highest BCUT2D eigenvalue weighted by Gasteiger charge is 2.16. The molecule has 0 fully saturated rings. The first-order chi connectivity index (χ1) is 13.9. The molecule has 3 rings (SSSR count). The van der Waals surface area contributed by atoms with Gasteiger partial charge in [-0.25, -0.2) is 8.78 Å². The van der Waals surface area contributed by atoms with E-state index in [1.54, 1.807) is 7.11 Å². The highest BCUT2D eigenvalue weighted by Crippen LogP contribution is 2.20. The average molecular weight is 399 g/mol. The molecule has 0 unspecified atom stereocenters. The molecular weight excluding hydrogens is 376 g/mol.